The lowest BCUT2D eigenvalue weighted by atomic mass is 10.1. The highest BCUT2D eigenvalue weighted by Gasteiger charge is 2.51. The Labute approximate surface area is 211 Å². The molecule has 1 fully saturated rings. The molecule has 0 radical (unpaired) electrons. The second kappa shape index (κ2) is 11.7. The lowest BCUT2D eigenvalue weighted by Crippen LogP contribution is -2.67. The third-order valence-corrected chi connectivity index (χ3v) is 11.5. The van der Waals surface area contributed by atoms with Gasteiger partial charge in [0.2, 0.25) is 0 Å². The van der Waals surface area contributed by atoms with Crippen LogP contribution in [-0.4, -0.2) is 44.0 Å². The number of benzene rings is 2. The lowest BCUT2D eigenvalue weighted by molar-refractivity contribution is -0.148. The fraction of sp³-hybridized carbons (Fsp3) is 0.483. The number of carbonyl (C=O) groups is 1. The summed E-state index contributed by atoms with van der Waals surface area (Å²) in [5, 5.41) is 11.2. The molecule has 0 aliphatic carbocycles. The third kappa shape index (κ3) is 6.91. The summed E-state index contributed by atoms with van der Waals surface area (Å²) >= 11 is 0. The molecule has 1 saturated heterocycles. The zero-order valence-corrected chi connectivity index (χ0v) is 22.7. The molecule has 2 atom stereocenters. The second-order valence-corrected chi connectivity index (χ2v) is 15.0. The van der Waals surface area contributed by atoms with Gasteiger partial charge in [0.15, 0.2) is 5.79 Å². The summed E-state index contributed by atoms with van der Waals surface area (Å²) in [6.07, 6.45) is 6.06. The molecule has 0 aromatic heterocycles. The highest BCUT2D eigenvalue weighted by atomic mass is 28.4. The van der Waals surface area contributed by atoms with E-state index in [0.717, 1.165) is 6.42 Å². The molecule has 2 aromatic rings. The zero-order chi connectivity index (χ0) is 25.5. The van der Waals surface area contributed by atoms with E-state index in [9.17, 15) is 4.79 Å². The summed E-state index contributed by atoms with van der Waals surface area (Å²) in [5.41, 5.74) is 0. The van der Waals surface area contributed by atoms with Crippen molar-refractivity contribution in [1.29, 1.82) is 0 Å². The van der Waals surface area contributed by atoms with Crippen molar-refractivity contribution in [2.45, 2.75) is 83.3 Å². The number of aliphatic carboxylic acids is 1. The molecule has 1 N–H and O–H groups in total. The minimum atomic E-state index is -2.66. The van der Waals surface area contributed by atoms with E-state index in [0.29, 0.717) is 19.4 Å². The highest BCUT2D eigenvalue weighted by molar-refractivity contribution is 6.99. The number of unbranched alkanes of at least 4 members (excludes halogenated alkanes) is 1. The van der Waals surface area contributed by atoms with Crippen molar-refractivity contribution in [1.82, 2.24) is 0 Å². The van der Waals surface area contributed by atoms with Crippen LogP contribution >= 0.6 is 0 Å². The summed E-state index contributed by atoms with van der Waals surface area (Å²) in [6, 6.07) is 21.2. The van der Waals surface area contributed by atoms with Gasteiger partial charge in [0.25, 0.3) is 8.32 Å². The number of allylic oxidation sites excluding steroid dienone is 1. The van der Waals surface area contributed by atoms with Crippen LogP contribution in [0.4, 0.5) is 0 Å². The van der Waals surface area contributed by atoms with Crippen molar-refractivity contribution in [3.8, 4) is 0 Å². The maximum absolute atomic E-state index is 10.7. The molecule has 1 aliphatic rings. The van der Waals surface area contributed by atoms with E-state index in [1.807, 2.05) is 32.1 Å². The van der Waals surface area contributed by atoms with Gasteiger partial charge >= 0.3 is 5.97 Å². The van der Waals surface area contributed by atoms with E-state index in [4.69, 9.17) is 19.0 Å². The smallest absolute Gasteiger partial charge is 0.303 e. The molecule has 0 bridgehead atoms. The van der Waals surface area contributed by atoms with Gasteiger partial charge in [-0.2, -0.15) is 0 Å². The Bertz CT molecular complexity index is 926. The minimum absolute atomic E-state index is 0.107. The van der Waals surface area contributed by atoms with Gasteiger partial charge in [-0.3, -0.25) is 4.79 Å². The first-order valence-electron chi connectivity index (χ1n) is 12.5. The van der Waals surface area contributed by atoms with E-state index in [-0.39, 0.29) is 23.7 Å². The topological polar surface area (TPSA) is 65.0 Å². The van der Waals surface area contributed by atoms with Crippen LogP contribution in [0.1, 0.15) is 60.3 Å². The molecular formula is C29H40O5Si. The van der Waals surface area contributed by atoms with Crippen LogP contribution in [0, 0.1) is 0 Å². The standard InChI is InChI=1S/C29H40O5Si/c1-28(2,3)35(23-16-10-8-11-17-23,24-18-12-9-13-19-24)32-22-26-25(33-29(4,5)34-26)20-14-6-7-15-21-27(30)31/h6,8-14,16-19,25-26H,7,15,20-22H2,1-5H3,(H,30,31)/b14-6-/t25-,26-/m1/s1. The maximum atomic E-state index is 10.7. The summed E-state index contributed by atoms with van der Waals surface area (Å²) in [5.74, 6) is -1.44. The molecule has 3 rings (SSSR count). The predicted octanol–water partition coefficient (Wildman–Crippen LogP) is 5.28. The lowest BCUT2D eigenvalue weighted by Gasteiger charge is -2.43. The number of hydrogen-bond donors (Lipinski definition) is 1. The normalized spacial score (nSPS) is 20.4. The van der Waals surface area contributed by atoms with Gasteiger partial charge in [-0.15, -0.1) is 0 Å². The number of ether oxygens (including phenoxy) is 2. The zero-order valence-electron chi connectivity index (χ0n) is 21.7. The van der Waals surface area contributed by atoms with Crippen LogP contribution in [0.15, 0.2) is 72.8 Å². The van der Waals surface area contributed by atoms with E-state index in [1.165, 1.54) is 10.4 Å². The van der Waals surface area contributed by atoms with Crippen molar-refractivity contribution >= 4 is 24.7 Å². The Balaban J connectivity index is 1.82. The summed E-state index contributed by atoms with van der Waals surface area (Å²) < 4.78 is 19.6. The molecule has 0 unspecified atom stereocenters. The predicted molar refractivity (Wildman–Crippen MR) is 143 cm³/mol. The fourth-order valence-electron chi connectivity index (χ4n) is 4.94. The first-order valence-corrected chi connectivity index (χ1v) is 14.4. The Hall–Kier alpha value is -2.25. The van der Waals surface area contributed by atoms with Crippen molar-refractivity contribution < 1.29 is 23.8 Å². The van der Waals surface area contributed by atoms with Gasteiger partial charge in [-0.05, 0) is 48.5 Å². The quantitative estimate of drug-likeness (QED) is 0.260. The maximum Gasteiger partial charge on any atom is 0.303 e. The molecule has 5 nitrogen and oxygen atoms in total. The fourth-order valence-corrected chi connectivity index (χ4v) is 9.51. The van der Waals surface area contributed by atoms with Gasteiger partial charge in [0, 0.05) is 6.42 Å². The van der Waals surface area contributed by atoms with Gasteiger partial charge in [-0.25, -0.2) is 0 Å². The van der Waals surface area contributed by atoms with Crippen LogP contribution in [-0.2, 0) is 18.7 Å². The highest BCUT2D eigenvalue weighted by Crippen LogP contribution is 2.38. The first kappa shape index (κ1) is 27.3. The minimum Gasteiger partial charge on any atom is -0.481 e. The van der Waals surface area contributed by atoms with Crippen LogP contribution in [0.2, 0.25) is 5.04 Å². The largest absolute Gasteiger partial charge is 0.481 e. The Morgan fingerprint density at radius 3 is 2.03 bits per heavy atom. The molecule has 1 aliphatic heterocycles. The van der Waals surface area contributed by atoms with E-state index in [1.54, 1.807) is 0 Å². The number of carboxylic acid groups (broad SMARTS) is 1. The number of carboxylic acids is 1. The van der Waals surface area contributed by atoms with E-state index < -0.39 is 20.1 Å². The summed E-state index contributed by atoms with van der Waals surface area (Å²) in [7, 11) is -2.66. The molecule has 0 saturated carbocycles. The van der Waals surface area contributed by atoms with Crippen LogP contribution in [0.5, 0.6) is 0 Å². The van der Waals surface area contributed by atoms with Gasteiger partial charge < -0.3 is 19.0 Å². The summed E-state index contributed by atoms with van der Waals surface area (Å²) in [6.45, 7) is 11.1. The number of hydrogen-bond acceptors (Lipinski definition) is 4. The van der Waals surface area contributed by atoms with Crippen molar-refractivity contribution in [2.75, 3.05) is 6.61 Å². The summed E-state index contributed by atoms with van der Waals surface area (Å²) in [4.78, 5) is 10.7. The molecule has 0 spiro atoms. The van der Waals surface area contributed by atoms with Crippen molar-refractivity contribution in [3.63, 3.8) is 0 Å². The van der Waals surface area contributed by atoms with Gasteiger partial charge in [0.1, 0.15) is 6.10 Å². The molecule has 6 heteroatoms. The van der Waals surface area contributed by atoms with Crippen LogP contribution in [0.25, 0.3) is 0 Å². The second-order valence-electron chi connectivity index (χ2n) is 10.7. The monoisotopic (exact) mass is 496 g/mol. The Kier molecular flexibility index (Phi) is 9.10. The van der Waals surface area contributed by atoms with Crippen molar-refractivity contribution in [2.24, 2.45) is 0 Å². The molecule has 1 heterocycles. The van der Waals surface area contributed by atoms with Crippen LogP contribution < -0.4 is 10.4 Å². The third-order valence-electron chi connectivity index (χ3n) is 6.46. The average Bonchev–Trinajstić information content (AvgIpc) is 3.10. The molecular weight excluding hydrogens is 456 g/mol. The van der Waals surface area contributed by atoms with Crippen LogP contribution in [0.3, 0.4) is 0 Å². The average molecular weight is 497 g/mol. The SMILES string of the molecule is CC1(C)O[C@H](C/C=C\CCCC(=O)O)[C@@H](CO[Si](c2ccccc2)(c2ccccc2)C(C)(C)C)O1. The Morgan fingerprint density at radius 1 is 0.971 bits per heavy atom. The Morgan fingerprint density at radius 2 is 1.51 bits per heavy atom. The molecule has 190 valence electrons. The van der Waals surface area contributed by atoms with E-state index >= 15 is 0 Å². The van der Waals surface area contributed by atoms with Gasteiger partial charge in [0.05, 0.1) is 12.7 Å². The number of rotatable bonds is 11. The molecule has 35 heavy (non-hydrogen) atoms. The van der Waals surface area contributed by atoms with Crippen molar-refractivity contribution in [3.05, 3.63) is 72.8 Å². The first-order chi connectivity index (χ1) is 16.6. The van der Waals surface area contributed by atoms with E-state index in [2.05, 4.69) is 75.4 Å². The van der Waals surface area contributed by atoms with Gasteiger partial charge in [-0.1, -0.05) is 93.6 Å². The molecule has 0 amide bonds. The molecule has 2 aromatic carbocycles.